The summed E-state index contributed by atoms with van der Waals surface area (Å²) in [5.41, 5.74) is 6.75. The van der Waals surface area contributed by atoms with Crippen LogP contribution in [0.4, 0.5) is 11.4 Å². The van der Waals surface area contributed by atoms with E-state index in [1.165, 1.54) is 17.0 Å². The number of carbonyl (C=O) groups excluding carboxylic acids is 1. The number of anilines is 2. The number of aromatic carboxylic acids is 1. The Morgan fingerprint density at radius 3 is 2.81 bits per heavy atom. The highest BCUT2D eigenvalue weighted by Gasteiger charge is 2.20. The number of rotatable bonds is 5. The van der Waals surface area contributed by atoms with Crippen LogP contribution in [0.3, 0.4) is 0 Å². The third-order valence-corrected chi connectivity index (χ3v) is 3.71. The minimum absolute atomic E-state index is 0.0553. The Balaban J connectivity index is 1.99. The van der Waals surface area contributed by atoms with Crippen molar-refractivity contribution in [2.75, 3.05) is 24.3 Å². The highest BCUT2D eigenvalue weighted by atomic mass is 16.5. The molecule has 1 aromatic rings. The van der Waals surface area contributed by atoms with Crippen LogP contribution in [0.15, 0.2) is 18.2 Å². The van der Waals surface area contributed by atoms with Gasteiger partial charge in [-0.05, 0) is 37.5 Å². The van der Waals surface area contributed by atoms with Gasteiger partial charge >= 0.3 is 5.97 Å². The molecule has 0 bridgehead atoms. The molecule has 0 spiro atoms. The summed E-state index contributed by atoms with van der Waals surface area (Å²) >= 11 is 0. The van der Waals surface area contributed by atoms with Crippen molar-refractivity contribution in [3.8, 4) is 0 Å². The Morgan fingerprint density at radius 2 is 2.24 bits per heavy atom. The first-order chi connectivity index (χ1) is 9.99. The number of benzene rings is 1. The summed E-state index contributed by atoms with van der Waals surface area (Å²) in [7, 11) is 1.64. The molecule has 6 nitrogen and oxygen atoms in total. The number of hydrogen-bond acceptors (Lipinski definition) is 4. The minimum atomic E-state index is -1.04. The second-order valence-electron chi connectivity index (χ2n) is 5.21. The number of hydrogen-bond donors (Lipinski definition) is 2. The summed E-state index contributed by atoms with van der Waals surface area (Å²) in [6, 6.07) is 4.36. The molecule has 0 aromatic heterocycles. The fourth-order valence-corrected chi connectivity index (χ4v) is 2.45. The van der Waals surface area contributed by atoms with E-state index in [1.807, 2.05) is 0 Å². The first-order valence-electron chi connectivity index (χ1n) is 7.00. The van der Waals surface area contributed by atoms with Crippen LogP contribution in [0.5, 0.6) is 0 Å². The zero-order chi connectivity index (χ0) is 15.4. The zero-order valence-electron chi connectivity index (χ0n) is 12.0. The molecule has 1 amide bonds. The van der Waals surface area contributed by atoms with E-state index < -0.39 is 5.97 Å². The van der Waals surface area contributed by atoms with Crippen molar-refractivity contribution in [2.45, 2.75) is 31.8 Å². The quantitative estimate of drug-likeness (QED) is 0.808. The van der Waals surface area contributed by atoms with Crippen LogP contribution in [0, 0.1) is 0 Å². The Hall–Kier alpha value is -2.08. The van der Waals surface area contributed by atoms with Gasteiger partial charge in [-0.1, -0.05) is 0 Å². The van der Waals surface area contributed by atoms with Gasteiger partial charge in [0, 0.05) is 20.1 Å². The number of nitrogens with two attached hydrogens (primary N) is 1. The number of ether oxygens (including phenoxy) is 1. The van der Waals surface area contributed by atoms with E-state index in [4.69, 9.17) is 15.6 Å². The summed E-state index contributed by atoms with van der Waals surface area (Å²) in [5.74, 6) is -1.10. The third-order valence-electron chi connectivity index (χ3n) is 3.71. The average Bonchev–Trinajstić information content (AvgIpc) is 2.97. The lowest BCUT2D eigenvalue weighted by molar-refractivity contribution is -0.118. The molecule has 6 heteroatoms. The first kappa shape index (κ1) is 15.3. The van der Waals surface area contributed by atoms with Gasteiger partial charge < -0.3 is 20.5 Å². The Morgan fingerprint density at radius 1 is 1.48 bits per heavy atom. The van der Waals surface area contributed by atoms with Crippen molar-refractivity contribution in [1.29, 1.82) is 0 Å². The van der Waals surface area contributed by atoms with Gasteiger partial charge in [-0.3, -0.25) is 4.79 Å². The molecule has 1 heterocycles. The SMILES string of the molecule is CN(C(=O)CCC1CCCO1)c1ccc(C(=O)O)cc1N. The summed E-state index contributed by atoms with van der Waals surface area (Å²) in [5, 5.41) is 8.90. The predicted octanol–water partition coefficient (Wildman–Crippen LogP) is 1.89. The van der Waals surface area contributed by atoms with E-state index in [2.05, 4.69) is 0 Å². The summed E-state index contributed by atoms with van der Waals surface area (Å²) in [6.07, 6.45) is 3.33. The van der Waals surface area contributed by atoms with Crippen molar-refractivity contribution in [3.63, 3.8) is 0 Å². The molecule has 1 saturated heterocycles. The molecule has 114 valence electrons. The van der Waals surface area contributed by atoms with Gasteiger partial charge in [-0.15, -0.1) is 0 Å². The lowest BCUT2D eigenvalue weighted by Crippen LogP contribution is -2.27. The smallest absolute Gasteiger partial charge is 0.335 e. The van der Waals surface area contributed by atoms with Crippen molar-refractivity contribution >= 4 is 23.3 Å². The molecule has 1 aliphatic heterocycles. The second kappa shape index (κ2) is 6.58. The van der Waals surface area contributed by atoms with Crippen LogP contribution in [-0.4, -0.2) is 36.7 Å². The lowest BCUT2D eigenvalue weighted by Gasteiger charge is -2.20. The highest BCUT2D eigenvalue weighted by Crippen LogP contribution is 2.25. The topological polar surface area (TPSA) is 92.9 Å². The molecule has 1 atom stereocenters. The van der Waals surface area contributed by atoms with Crippen molar-refractivity contribution in [3.05, 3.63) is 23.8 Å². The van der Waals surface area contributed by atoms with Gasteiger partial charge in [0.2, 0.25) is 5.91 Å². The van der Waals surface area contributed by atoms with E-state index in [0.717, 1.165) is 19.4 Å². The molecule has 1 aromatic carbocycles. The average molecular weight is 292 g/mol. The number of nitrogen functional groups attached to an aromatic ring is 1. The fourth-order valence-electron chi connectivity index (χ4n) is 2.45. The molecule has 0 saturated carbocycles. The Kier molecular flexibility index (Phi) is 4.80. The Bertz CT molecular complexity index is 538. The molecule has 1 unspecified atom stereocenters. The third kappa shape index (κ3) is 3.72. The van der Waals surface area contributed by atoms with Crippen LogP contribution in [0.2, 0.25) is 0 Å². The summed E-state index contributed by atoms with van der Waals surface area (Å²) < 4.78 is 5.49. The largest absolute Gasteiger partial charge is 0.478 e. The number of carboxylic acids is 1. The molecular weight excluding hydrogens is 272 g/mol. The van der Waals surface area contributed by atoms with E-state index in [1.54, 1.807) is 13.1 Å². The maximum Gasteiger partial charge on any atom is 0.335 e. The van der Waals surface area contributed by atoms with Crippen molar-refractivity contribution in [2.24, 2.45) is 0 Å². The van der Waals surface area contributed by atoms with E-state index in [0.29, 0.717) is 18.5 Å². The van der Waals surface area contributed by atoms with Gasteiger partial charge in [0.05, 0.1) is 23.0 Å². The number of carbonyl (C=O) groups is 2. The second-order valence-corrected chi connectivity index (χ2v) is 5.21. The maximum atomic E-state index is 12.2. The molecule has 0 aliphatic carbocycles. The monoisotopic (exact) mass is 292 g/mol. The van der Waals surface area contributed by atoms with Gasteiger partial charge in [-0.25, -0.2) is 4.79 Å². The fraction of sp³-hybridized carbons (Fsp3) is 0.467. The first-order valence-corrected chi connectivity index (χ1v) is 7.00. The molecule has 1 aliphatic rings. The van der Waals surface area contributed by atoms with Crippen LogP contribution in [-0.2, 0) is 9.53 Å². The lowest BCUT2D eigenvalue weighted by atomic mass is 10.1. The number of carboxylic acid groups (broad SMARTS) is 1. The van der Waals surface area contributed by atoms with Gasteiger partial charge in [0.1, 0.15) is 0 Å². The number of amides is 1. The Labute approximate surface area is 123 Å². The van der Waals surface area contributed by atoms with E-state index in [9.17, 15) is 9.59 Å². The van der Waals surface area contributed by atoms with Crippen molar-refractivity contribution in [1.82, 2.24) is 0 Å². The summed E-state index contributed by atoms with van der Waals surface area (Å²) in [4.78, 5) is 24.5. The molecule has 0 radical (unpaired) electrons. The van der Waals surface area contributed by atoms with E-state index in [-0.39, 0.29) is 23.3 Å². The van der Waals surface area contributed by atoms with Gasteiger partial charge in [0.25, 0.3) is 0 Å². The van der Waals surface area contributed by atoms with Crippen LogP contribution in [0.25, 0.3) is 0 Å². The van der Waals surface area contributed by atoms with Crippen LogP contribution in [0.1, 0.15) is 36.0 Å². The zero-order valence-corrected chi connectivity index (χ0v) is 12.0. The normalized spacial score (nSPS) is 17.7. The maximum absolute atomic E-state index is 12.2. The predicted molar refractivity (Wildman–Crippen MR) is 79.4 cm³/mol. The molecular formula is C15H20N2O4. The molecule has 1 fully saturated rings. The summed E-state index contributed by atoms with van der Waals surface area (Å²) in [6.45, 7) is 0.776. The standard InChI is InChI=1S/C15H20N2O4/c1-17(14(18)7-5-11-3-2-8-21-11)13-6-4-10(15(19)20)9-12(13)16/h4,6,9,11H,2-3,5,7-8,16H2,1H3,(H,19,20). The molecule has 21 heavy (non-hydrogen) atoms. The van der Waals surface area contributed by atoms with Gasteiger partial charge in [-0.2, -0.15) is 0 Å². The number of nitrogens with zero attached hydrogens (tertiary/aromatic N) is 1. The van der Waals surface area contributed by atoms with Crippen molar-refractivity contribution < 1.29 is 19.4 Å². The van der Waals surface area contributed by atoms with Crippen LogP contribution >= 0.6 is 0 Å². The minimum Gasteiger partial charge on any atom is -0.478 e. The van der Waals surface area contributed by atoms with Gasteiger partial charge in [0.15, 0.2) is 0 Å². The van der Waals surface area contributed by atoms with Crippen LogP contribution < -0.4 is 10.6 Å². The molecule has 3 N–H and O–H groups in total. The molecule has 2 rings (SSSR count). The highest BCUT2D eigenvalue weighted by molar-refractivity contribution is 5.97. The van der Waals surface area contributed by atoms with E-state index >= 15 is 0 Å².